The van der Waals surface area contributed by atoms with Gasteiger partial charge in [-0.1, -0.05) is 0 Å². The van der Waals surface area contributed by atoms with E-state index in [4.69, 9.17) is 0 Å². The van der Waals surface area contributed by atoms with Crippen molar-refractivity contribution < 1.29 is 4.79 Å². The number of likely N-dealkylation sites (N-methyl/N-ethyl adjacent to an activating group) is 1. The molecule has 18 heavy (non-hydrogen) atoms. The lowest BCUT2D eigenvalue weighted by molar-refractivity contribution is -0.115. The molecule has 0 saturated carbocycles. The number of H-pyrrole nitrogens is 1. The number of rotatable bonds is 4. The first kappa shape index (κ1) is 12.0. The molecule has 0 aliphatic rings. The van der Waals surface area contributed by atoms with E-state index in [0.717, 1.165) is 0 Å². The zero-order chi connectivity index (χ0) is 13.0. The number of nitrogens with zero attached hydrogens (tertiary/aromatic N) is 5. The third kappa shape index (κ3) is 3.00. The number of carbonyl (C=O) groups is 1. The summed E-state index contributed by atoms with van der Waals surface area (Å²) in [6.45, 7) is 1.88. The van der Waals surface area contributed by atoms with Crippen LogP contribution in [0, 0.1) is 6.92 Å². The molecule has 0 spiro atoms. The summed E-state index contributed by atoms with van der Waals surface area (Å²) in [7, 11) is 1.73. The molecule has 0 aliphatic heterocycles. The maximum atomic E-state index is 11.7. The van der Waals surface area contributed by atoms with Crippen molar-refractivity contribution >= 4 is 17.8 Å². The van der Waals surface area contributed by atoms with Gasteiger partial charge in [0.2, 0.25) is 17.8 Å². The molecular formula is C10H13N7O. The normalized spacial score (nSPS) is 10.1. The van der Waals surface area contributed by atoms with Crippen LogP contribution in [0.3, 0.4) is 0 Å². The van der Waals surface area contributed by atoms with Crippen LogP contribution in [0.4, 0.5) is 11.9 Å². The van der Waals surface area contributed by atoms with Crippen LogP contribution in [0.5, 0.6) is 0 Å². The summed E-state index contributed by atoms with van der Waals surface area (Å²) in [6.07, 6.45) is 3.24. The van der Waals surface area contributed by atoms with Crippen molar-refractivity contribution in [3.05, 3.63) is 24.3 Å². The quantitative estimate of drug-likeness (QED) is 0.787. The van der Waals surface area contributed by atoms with Crippen LogP contribution in [-0.4, -0.2) is 44.6 Å². The Morgan fingerprint density at radius 3 is 2.78 bits per heavy atom. The van der Waals surface area contributed by atoms with Gasteiger partial charge < -0.3 is 4.90 Å². The highest BCUT2D eigenvalue weighted by atomic mass is 16.2. The van der Waals surface area contributed by atoms with Gasteiger partial charge in [0.05, 0.1) is 6.54 Å². The fourth-order valence-corrected chi connectivity index (χ4v) is 1.34. The topological polar surface area (TPSA) is 99.7 Å². The summed E-state index contributed by atoms with van der Waals surface area (Å²) in [6, 6.07) is 1.72. The van der Waals surface area contributed by atoms with E-state index in [2.05, 4.69) is 30.5 Å². The molecule has 0 unspecified atom stereocenters. The smallest absolute Gasteiger partial charge is 0.248 e. The number of amides is 1. The first-order chi connectivity index (χ1) is 8.65. The number of nitrogens with one attached hydrogen (secondary N) is 2. The largest absolute Gasteiger partial charge is 0.335 e. The van der Waals surface area contributed by atoms with E-state index in [0.29, 0.717) is 11.8 Å². The van der Waals surface area contributed by atoms with E-state index in [9.17, 15) is 4.79 Å². The van der Waals surface area contributed by atoms with E-state index in [1.807, 2.05) is 0 Å². The van der Waals surface area contributed by atoms with Crippen LogP contribution >= 0.6 is 0 Å². The molecule has 0 aliphatic carbocycles. The number of aryl methyl sites for hydroxylation is 1. The zero-order valence-electron chi connectivity index (χ0n) is 10.1. The van der Waals surface area contributed by atoms with Crippen molar-refractivity contribution in [2.24, 2.45) is 0 Å². The van der Waals surface area contributed by atoms with Crippen LogP contribution in [0.2, 0.25) is 0 Å². The minimum atomic E-state index is -0.232. The summed E-state index contributed by atoms with van der Waals surface area (Å²) in [5.74, 6) is 1.16. The predicted octanol–water partition coefficient (Wildman–Crippen LogP) is -0.0220. The predicted molar refractivity (Wildman–Crippen MR) is 65.1 cm³/mol. The summed E-state index contributed by atoms with van der Waals surface area (Å²) < 4.78 is 0. The van der Waals surface area contributed by atoms with Crippen LogP contribution in [0.25, 0.3) is 0 Å². The van der Waals surface area contributed by atoms with Gasteiger partial charge in [-0.05, 0) is 13.0 Å². The van der Waals surface area contributed by atoms with Crippen molar-refractivity contribution in [2.45, 2.75) is 6.92 Å². The molecule has 8 nitrogen and oxygen atoms in total. The Hall–Kier alpha value is -2.51. The molecule has 0 bridgehead atoms. The molecule has 8 heteroatoms. The fourth-order valence-electron chi connectivity index (χ4n) is 1.34. The van der Waals surface area contributed by atoms with Gasteiger partial charge in [-0.15, -0.1) is 5.10 Å². The monoisotopic (exact) mass is 247 g/mol. The third-order valence-electron chi connectivity index (χ3n) is 2.12. The standard InChI is InChI=1S/C10H13N7O/c1-7-13-9(16-15-7)14-8(18)6-17(2)10-11-4-3-5-12-10/h3-5H,6H2,1-2H3,(H2,13,14,15,16,18). The average Bonchev–Trinajstić information content (AvgIpc) is 2.75. The highest BCUT2D eigenvalue weighted by molar-refractivity contribution is 5.92. The number of hydrogen-bond donors (Lipinski definition) is 2. The number of anilines is 2. The molecule has 0 atom stereocenters. The SMILES string of the molecule is Cc1nc(NC(=O)CN(C)c2ncccn2)n[nH]1. The molecule has 0 radical (unpaired) electrons. The van der Waals surface area contributed by atoms with Gasteiger partial charge in [-0.2, -0.15) is 4.98 Å². The van der Waals surface area contributed by atoms with E-state index >= 15 is 0 Å². The summed E-state index contributed by atoms with van der Waals surface area (Å²) in [4.78, 5) is 25.4. The Labute approximate surface area is 103 Å². The van der Waals surface area contributed by atoms with Crippen molar-refractivity contribution in [1.29, 1.82) is 0 Å². The second-order valence-corrected chi connectivity index (χ2v) is 3.70. The first-order valence-electron chi connectivity index (χ1n) is 5.32. The molecule has 2 N–H and O–H groups in total. The van der Waals surface area contributed by atoms with Crippen molar-refractivity contribution in [3.8, 4) is 0 Å². The van der Waals surface area contributed by atoms with Gasteiger partial charge in [0.15, 0.2) is 0 Å². The van der Waals surface area contributed by atoms with Crippen molar-refractivity contribution in [3.63, 3.8) is 0 Å². The van der Waals surface area contributed by atoms with Gasteiger partial charge in [0, 0.05) is 19.4 Å². The van der Waals surface area contributed by atoms with Gasteiger partial charge >= 0.3 is 0 Å². The Balaban J connectivity index is 1.92. The second-order valence-electron chi connectivity index (χ2n) is 3.70. The van der Waals surface area contributed by atoms with E-state index in [1.165, 1.54) is 0 Å². The summed E-state index contributed by atoms with van der Waals surface area (Å²) in [5.41, 5.74) is 0. The number of carbonyl (C=O) groups excluding carboxylic acids is 1. The Morgan fingerprint density at radius 2 is 2.17 bits per heavy atom. The maximum Gasteiger partial charge on any atom is 0.248 e. The molecular weight excluding hydrogens is 234 g/mol. The molecule has 0 aromatic carbocycles. The Morgan fingerprint density at radius 1 is 1.44 bits per heavy atom. The number of aromatic amines is 1. The number of aromatic nitrogens is 5. The van der Waals surface area contributed by atoms with Gasteiger partial charge in [0.25, 0.3) is 0 Å². The summed E-state index contributed by atoms with van der Waals surface area (Å²) in [5, 5.41) is 9.04. The van der Waals surface area contributed by atoms with Crippen LogP contribution in [-0.2, 0) is 4.79 Å². The lowest BCUT2D eigenvalue weighted by Crippen LogP contribution is -2.31. The molecule has 2 aromatic rings. The average molecular weight is 247 g/mol. The van der Waals surface area contributed by atoms with Crippen molar-refractivity contribution in [2.75, 3.05) is 23.8 Å². The molecule has 94 valence electrons. The first-order valence-corrected chi connectivity index (χ1v) is 5.32. The van der Waals surface area contributed by atoms with E-state index < -0.39 is 0 Å². The lowest BCUT2D eigenvalue weighted by atomic mass is 10.5. The highest BCUT2D eigenvalue weighted by Gasteiger charge is 2.11. The van der Waals surface area contributed by atoms with E-state index in [1.54, 1.807) is 37.3 Å². The highest BCUT2D eigenvalue weighted by Crippen LogP contribution is 2.02. The van der Waals surface area contributed by atoms with Crippen LogP contribution < -0.4 is 10.2 Å². The Bertz CT molecular complexity index is 524. The number of hydrogen-bond acceptors (Lipinski definition) is 6. The van der Waals surface area contributed by atoms with Crippen molar-refractivity contribution in [1.82, 2.24) is 25.1 Å². The minimum absolute atomic E-state index is 0.123. The Kier molecular flexibility index (Phi) is 3.46. The fraction of sp³-hybridized carbons (Fsp3) is 0.300. The summed E-state index contributed by atoms with van der Waals surface area (Å²) >= 11 is 0. The molecule has 2 rings (SSSR count). The van der Waals surface area contributed by atoms with Gasteiger partial charge in [-0.25, -0.2) is 9.97 Å². The third-order valence-corrected chi connectivity index (χ3v) is 2.12. The van der Waals surface area contributed by atoms with Crippen LogP contribution in [0.1, 0.15) is 5.82 Å². The zero-order valence-corrected chi connectivity index (χ0v) is 10.1. The van der Waals surface area contributed by atoms with Gasteiger partial charge in [-0.3, -0.25) is 15.2 Å². The molecule has 0 saturated heterocycles. The maximum absolute atomic E-state index is 11.7. The molecule has 2 aromatic heterocycles. The molecule has 0 fully saturated rings. The lowest BCUT2D eigenvalue weighted by Gasteiger charge is -2.15. The minimum Gasteiger partial charge on any atom is -0.335 e. The van der Waals surface area contributed by atoms with E-state index in [-0.39, 0.29) is 18.4 Å². The van der Waals surface area contributed by atoms with Crippen LogP contribution in [0.15, 0.2) is 18.5 Å². The second kappa shape index (κ2) is 5.21. The molecule has 1 amide bonds. The van der Waals surface area contributed by atoms with Gasteiger partial charge in [0.1, 0.15) is 5.82 Å². The molecule has 2 heterocycles.